The van der Waals surface area contributed by atoms with Crippen LogP contribution in [0.25, 0.3) is 0 Å². The molecule has 1 unspecified atom stereocenters. The number of nitrogens with one attached hydrogen (secondary N) is 1. The topological polar surface area (TPSA) is 46.1 Å². The van der Waals surface area contributed by atoms with Gasteiger partial charge in [0, 0.05) is 38.9 Å². The second kappa shape index (κ2) is 10.5. The fourth-order valence-corrected chi connectivity index (χ4v) is 3.05. The van der Waals surface area contributed by atoms with E-state index in [1.807, 2.05) is 38.2 Å². The predicted octanol–water partition coefficient (Wildman–Crippen LogP) is 3.43. The zero-order valence-corrected chi connectivity index (χ0v) is 16.3. The average molecular weight is 368 g/mol. The van der Waals surface area contributed by atoms with Gasteiger partial charge in [0.25, 0.3) is 0 Å². The van der Waals surface area contributed by atoms with E-state index < -0.39 is 0 Å². The van der Waals surface area contributed by atoms with Gasteiger partial charge in [-0.05, 0) is 56.4 Å². The Morgan fingerprint density at radius 3 is 2.68 bits per heavy atom. The van der Waals surface area contributed by atoms with Crippen molar-refractivity contribution in [2.45, 2.75) is 32.3 Å². The molecule has 6 heteroatoms. The molecule has 5 nitrogen and oxygen atoms in total. The molecule has 1 saturated heterocycles. The Bertz CT molecular complexity index is 530. The summed E-state index contributed by atoms with van der Waals surface area (Å²) in [5.41, 5.74) is 0. The first-order valence-electron chi connectivity index (χ1n) is 9.00. The molecule has 0 amide bonds. The molecule has 1 aromatic carbocycles. The molecule has 25 heavy (non-hydrogen) atoms. The van der Waals surface area contributed by atoms with E-state index in [1.54, 1.807) is 0 Å². The Hall–Kier alpha value is -1.46. The molecular formula is C19H30ClN3O2. The molecule has 0 aromatic heterocycles. The minimum atomic E-state index is 0.0295. The Morgan fingerprint density at radius 2 is 2.04 bits per heavy atom. The molecule has 1 aliphatic heterocycles. The van der Waals surface area contributed by atoms with Crippen molar-refractivity contribution in [1.82, 2.24) is 10.2 Å². The summed E-state index contributed by atoms with van der Waals surface area (Å²) in [7, 11) is 3.90. The Labute approximate surface area is 156 Å². The lowest BCUT2D eigenvalue weighted by atomic mass is 9.96. The Balaban J connectivity index is 1.71. The summed E-state index contributed by atoms with van der Waals surface area (Å²) in [5, 5.41) is 4.10. The number of benzene rings is 1. The van der Waals surface area contributed by atoms with E-state index >= 15 is 0 Å². The number of ether oxygens (including phenoxy) is 2. The van der Waals surface area contributed by atoms with Crippen molar-refractivity contribution in [3.8, 4) is 5.75 Å². The maximum atomic E-state index is 5.89. The summed E-state index contributed by atoms with van der Waals surface area (Å²) in [5.74, 6) is 2.49. The predicted molar refractivity (Wildman–Crippen MR) is 104 cm³/mol. The van der Waals surface area contributed by atoms with Gasteiger partial charge in [-0.15, -0.1) is 0 Å². The van der Waals surface area contributed by atoms with E-state index in [1.165, 1.54) is 19.3 Å². The highest BCUT2D eigenvalue weighted by molar-refractivity contribution is 6.30. The molecule has 0 radical (unpaired) electrons. The van der Waals surface area contributed by atoms with Crippen LogP contribution in [0.15, 0.2) is 29.3 Å². The van der Waals surface area contributed by atoms with Crippen LogP contribution in [-0.4, -0.2) is 57.4 Å². The number of nitrogens with zero attached hydrogens (tertiary/aromatic N) is 2. The molecule has 2 rings (SSSR count). The zero-order valence-electron chi connectivity index (χ0n) is 15.5. The SMILES string of the molecule is CN=C(NCC(C)Oc1ccc(Cl)cc1)N(C)CCC1CCOCC1. The van der Waals surface area contributed by atoms with Crippen molar-refractivity contribution in [2.24, 2.45) is 10.9 Å². The van der Waals surface area contributed by atoms with Crippen molar-refractivity contribution in [1.29, 1.82) is 0 Å². The molecule has 1 N–H and O–H groups in total. The van der Waals surface area contributed by atoms with Gasteiger partial charge >= 0.3 is 0 Å². The highest BCUT2D eigenvalue weighted by Crippen LogP contribution is 2.18. The summed E-state index contributed by atoms with van der Waals surface area (Å²) in [6.07, 6.45) is 3.55. The summed E-state index contributed by atoms with van der Waals surface area (Å²) < 4.78 is 11.3. The van der Waals surface area contributed by atoms with Crippen molar-refractivity contribution >= 4 is 17.6 Å². The van der Waals surface area contributed by atoms with E-state index in [2.05, 4.69) is 22.3 Å². The lowest BCUT2D eigenvalue weighted by Crippen LogP contribution is -2.43. The highest BCUT2D eigenvalue weighted by Gasteiger charge is 2.15. The Kier molecular flexibility index (Phi) is 8.35. The van der Waals surface area contributed by atoms with Crippen LogP contribution < -0.4 is 10.1 Å². The summed E-state index contributed by atoms with van der Waals surface area (Å²) in [6, 6.07) is 7.43. The number of halogens is 1. The van der Waals surface area contributed by atoms with E-state index in [9.17, 15) is 0 Å². The first-order valence-corrected chi connectivity index (χ1v) is 9.38. The average Bonchev–Trinajstić information content (AvgIpc) is 2.63. The first kappa shape index (κ1) is 19.9. The molecule has 1 heterocycles. The van der Waals surface area contributed by atoms with E-state index in [0.29, 0.717) is 11.6 Å². The van der Waals surface area contributed by atoms with Gasteiger partial charge in [-0.1, -0.05) is 11.6 Å². The van der Waals surface area contributed by atoms with Gasteiger partial charge < -0.3 is 19.7 Å². The minimum absolute atomic E-state index is 0.0295. The van der Waals surface area contributed by atoms with Crippen LogP contribution in [0.2, 0.25) is 5.02 Å². The minimum Gasteiger partial charge on any atom is -0.489 e. The zero-order chi connectivity index (χ0) is 18.1. The van der Waals surface area contributed by atoms with Gasteiger partial charge in [0.15, 0.2) is 5.96 Å². The lowest BCUT2D eigenvalue weighted by Gasteiger charge is -2.27. The maximum absolute atomic E-state index is 5.89. The normalized spacial score (nSPS) is 17.2. The molecule has 0 bridgehead atoms. The van der Waals surface area contributed by atoms with Crippen LogP contribution in [0.5, 0.6) is 5.75 Å². The van der Waals surface area contributed by atoms with Crippen LogP contribution in [0, 0.1) is 5.92 Å². The van der Waals surface area contributed by atoms with Gasteiger partial charge in [-0.25, -0.2) is 0 Å². The number of hydrogen-bond acceptors (Lipinski definition) is 3. The first-order chi connectivity index (χ1) is 12.1. The molecule has 1 aliphatic rings. The second-order valence-electron chi connectivity index (χ2n) is 6.58. The van der Waals surface area contributed by atoms with E-state index in [4.69, 9.17) is 21.1 Å². The summed E-state index contributed by atoms with van der Waals surface area (Å²) in [4.78, 5) is 6.56. The van der Waals surface area contributed by atoms with Crippen molar-refractivity contribution in [3.63, 3.8) is 0 Å². The fourth-order valence-electron chi connectivity index (χ4n) is 2.92. The van der Waals surface area contributed by atoms with Crippen molar-refractivity contribution < 1.29 is 9.47 Å². The van der Waals surface area contributed by atoms with Crippen LogP contribution in [0.4, 0.5) is 0 Å². The lowest BCUT2D eigenvalue weighted by molar-refractivity contribution is 0.0625. The van der Waals surface area contributed by atoms with E-state index in [0.717, 1.165) is 37.4 Å². The van der Waals surface area contributed by atoms with Crippen molar-refractivity contribution in [2.75, 3.05) is 40.4 Å². The van der Waals surface area contributed by atoms with Gasteiger partial charge in [-0.3, -0.25) is 4.99 Å². The second-order valence-corrected chi connectivity index (χ2v) is 7.01. The maximum Gasteiger partial charge on any atom is 0.193 e. The molecular weight excluding hydrogens is 338 g/mol. The highest BCUT2D eigenvalue weighted by atomic mass is 35.5. The molecule has 0 aliphatic carbocycles. The molecule has 1 aromatic rings. The number of guanidine groups is 1. The monoisotopic (exact) mass is 367 g/mol. The standard InChI is InChI=1S/C19H30ClN3O2/c1-15(25-18-6-4-17(20)5-7-18)14-22-19(21-2)23(3)11-8-16-9-12-24-13-10-16/h4-7,15-16H,8-14H2,1-3H3,(H,21,22). The summed E-state index contributed by atoms with van der Waals surface area (Å²) in [6.45, 7) is 5.53. The smallest absolute Gasteiger partial charge is 0.193 e. The number of hydrogen-bond donors (Lipinski definition) is 1. The Morgan fingerprint density at radius 1 is 1.36 bits per heavy atom. The van der Waals surface area contributed by atoms with Gasteiger partial charge in [-0.2, -0.15) is 0 Å². The molecule has 140 valence electrons. The fraction of sp³-hybridized carbons (Fsp3) is 0.632. The largest absolute Gasteiger partial charge is 0.489 e. The van der Waals surface area contributed by atoms with Crippen LogP contribution in [-0.2, 0) is 4.74 Å². The quantitative estimate of drug-likeness (QED) is 0.592. The third-order valence-electron chi connectivity index (χ3n) is 4.49. The molecule has 1 fully saturated rings. The van der Waals surface area contributed by atoms with Crippen LogP contribution in [0.1, 0.15) is 26.2 Å². The van der Waals surface area contributed by atoms with E-state index in [-0.39, 0.29) is 6.10 Å². The van der Waals surface area contributed by atoms with Crippen molar-refractivity contribution in [3.05, 3.63) is 29.3 Å². The van der Waals surface area contributed by atoms with Gasteiger partial charge in [0.2, 0.25) is 0 Å². The molecule has 0 spiro atoms. The number of rotatable bonds is 7. The van der Waals surface area contributed by atoms with Crippen LogP contribution >= 0.6 is 11.6 Å². The third-order valence-corrected chi connectivity index (χ3v) is 4.74. The van der Waals surface area contributed by atoms with Crippen LogP contribution in [0.3, 0.4) is 0 Å². The summed E-state index contributed by atoms with van der Waals surface area (Å²) >= 11 is 5.89. The van der Waals surface area contributed by atoms with Gasteiger partial charge in [0.05, 0.1) is 6.54 Å². The number of aliphatic imine (C=N–C) groups is 1. The molecule has 1 atom stereocenters. The third kappa shape index (κ3) is 7.12. The van der Waals surface area contributed by atoms with Gasteiger partial charge in [0.1, 0.15) is 11.9 Å². The molecule has 0 saturated carbocycles.